The summed E-state index contributed by atoms with van der Waals surface area (Å²) < 4.78 is 19.6. The van der Waals surface area contributed by atoms with Gasteiger partial charge >= 0.3 is 0 Å². The van der Waals surface area contributed by atoms with Crippen LogP contribution in [0.2, 0.25) is 0 Å². The van der Waals surface area contributed by atoms with Crippen molar-refractivity contribution in [2.45, 2.75) is 19.9 Å². The van der Waals surface area contributed by atoms with Crippen LogP contribution in [0, 0.1) is 19.7 Å². The molecule has 0 radical (unpaired) electrons. The van der Waals surface area contributed by atoms with E-state index in [4.69, 9.17) is 4.74 Å². The average Bonchev–Trinajstić information content (AvgIpc) is 2.43. The summed E-state index contributed by atoms with van der Waals surface area (Å²) in [6.45, 7) is 4.09. The van der Waals surface area contributed by atoms with E-state index in [0.29, 0.717) is 11.3 Å². The first-order chi connectivity index (χ1) is 9.58. The van der Waals surface area contributed by atoms with Crippen molar-refractivity contribution in [2.75, 3.05) is 14.2 Å². The molecule has 20 heavy (non-hydrogen) atoms. The van der Waals surface area contributed by atoms with Crippen LogP contribution in [-0.4, -0.2) is 14.2 Å². The molecule has 2 aromatic rings. The van der Waals surface area contributed by atoms with Gasteiger partial charge in [0.2, 0.25) is 0 Å². The van der Waals surface area contributed by atoms with Crippen LogP contribution >= 0.6 is 0 Å². The topological polar surface area (TPSA) is 21.3 Å². The third-order valence-corrected chi connectivity index (χ3v) is 3.55. The number of benzene rings is 2. The highest BCUT2D eigenvalue weighted by atomic mass is 19.1. The Hall–Kier alpha value is -1.87. The highest BCUT2D eigenvalue weighted by molar-refractivity contribution is 5.45. The SMILES string of the molecule is CNC(c1ccc(C)cc1C)c1c(F)cccc1OC. The van der Waals surface area contributed by atoms with Crippen LogP contribution in [0.15, 0.2) is 36.4 Å². The maximum atomic E-state index is 14.3. The molecule has 0 aromatic heterocycles. The normalized spacial score (nSPS) is 12.2. The second kappa shape index (κ2) is 6.06. The minimum absolute atomic E-state index is 0.230. The highest BCUT2D eigenvalue weighted by Gasteiger charge is 2.22. The first-order valence-electron chi connectivity index (χ1n) is 6.65. The maximum Gasteiger partial charge on any atom is 0.132 e. The van der Waals surface area contributed by atoms with Gasteiger partial charge in [0.15, 0.2) is 0 Å². The van der Waals surface area contributed by atoms with E-state index >= 15 is 0 Å². The van der Waals surface area contributed by atoms with Crippen molar-refractivity contribution in [1.29, 1.82) is 0 Å². The molecule has 0 spiro atoms. The Morgan fingerprint density at radius 1 is 1.15 bits per heavy atom. The molecule has 0 bridgehead atoms. The lowest BCUT2D eigenvalue weighted by Gasteiger charge is -2.22. The van der Waals surface area contributed by atoms with Crippen molar-refractivity contribution in [1.82, 2.24) is 5.32 Å². The molecular weight excluding hydrogens is 253 g/mol. The van der Waals surface area contributed by atoms with E-state index < -0.39 is 0 Å². The summed E-state index contributed by atoms with van der Waals surface area (Å²) in [5, 5.41) is 3.19. The van der Waals surface area contributed by atoms with Crippen LogP contribution in [0.5, 0.6) is 5.75 Å². The number of ether oxygens (including phenoxy) is 1. The van der Waals surface area contributed by atoms with E-state index in [-0.39, 0.29) is 11.9 Å². The van der Waals surface area contributed by atoms with Crippen LogP contribution in [0.1, 0.15) is 28.3 Å². The van der Waals surface area contributed by atoms with E-state index in [1.807, 2.05) is 26.1 Å². The van der Waals surface area contributed by atoms with Gasteiger partial charge in [-0.1, -0.05) is 29.8 Å². The first-order valence-corrected chi connectivity index (χ1v) is 6.65. The standard InChI is InChI=1S/C17H20FNO/c1-11-8-9-13(12(2)10-11)17(19-3)16-14(18)6-5-7-15(16)20-4/h5-10,17,19H,1-4H3. The fourth-order valence-corrected chi connectivity index (χ4v) is 2.58. The molecule has 0 amide bonds. The van der Waals surface area contributed by atoms with Gasteiger partial charge in [0.25, 0.3) is 0 Å². The van der Waals surface area contributed by atoms with Crippen molar-refractivity contribution in [3.05, 3.63) is 64.5 Å². The average molecular weight is 273 g/mol. The first kappa shape index (κ1) is 14.5. The molecule has 0 saturated heterocycles. The third kappa shape index (κ3) is 2.68. The lowest BCUT2D eigenvalue weighted by molar-refractivity contribution is 0.398. The molecule has 2 rings (SSSR count). The molecule has 0 saturated carbocycles. The number of halogens is 1. The molecule has 0 aliphatic carbocycles. The third-order valence-electron chi connectivity index (χ3n) is 3.55. The van der Waals surface area contributed by atoms with E-state index in [9.17, 15) is 4.39 Å². The Kier molecular flexibility index (Phi) is 4.40. The van der Waals surface area contributed by atoms with E-state index in [1.165, 1.54) is 11.6 Å². The minimum Gasteiger partial charge on any atom is -0.496 e. The minimum atomic E-state index is -0.260. The van der Waals surface area contributed by atoms with Crippen molar-refractivity contribution < 1.29 is 9.13 Å². The van der Waals surface area contributed by atoms with Crippen molar-refractivity contribution >= 4 is 0 Å². The molecular formula is C17H20FNO. The summed E-state index contributed by atoms with van der Waals surface area (Å²) in [6.07, 6.45) is 0. The van der Waals surface area contributed by atoms with E-state index in [2.05, 4.69) is 18.3 Å². The number of nitrogens with one attached hydrogen (secondary N) is 1. The van der Waals surface area contributed by atoms with Crippen LogP contribution < -0.4 is 10.1 Å². The lowest BCUT2D eigenvalue weighted by Crippen LogP contribution is -2.20. The summed E-state index contributed by atoms with van der Waals surface area (Å²) in [7, 11) is 3.39. The van der Waals surface area contributed by atoms with Crippen LogP contribution in [0.25, 0.3) is 0 Å². The molecule has 1 unspecified atom stereocenters. The van der Waals surface area contributed by atoms with E-state index in [1.54, 1.807) is 19.2 Å². The number of hydrogen-bond donors (Lipinski definition) is 1. The number of hydrogen-bond acceptors (Lipinski definition) is 2. The molecule has 2 nitrogen and oxygen atoms in total. The second-order valence-electron chi connectivity index (χ2n) is 4.94. The molecule has 1 N–H and O–H groups in total. The van der Waals surface area contributed by atoms with Crippen LogP contribution in [0.3, 0.4) is 0 Å². The predicted octanol–water partition coefficient (Wildman–Crippen LogP) is 3.76. The summed E-state index contributed by atoms with van der Waals surface area (Å²) in [6, 6.07) is 10.9. The Bertz CT molecular complexity index is 610. The quantitative estimate of drug-likeness (QED) is 0.915. The van der Waals surface area contributed by atoms with Crippen molar-refractivity contribution in [3.63, 3.8) is 0 Å². The predicted molar refractivity (Wildman–Crippen MR) is 79.8 cm³/mol. The van der Waals surface area contributed by atoms with Gasteiger partial charge in [-0.3, -0.25) is 0 Å². The van der Waals surface area contributed by atoms with Crippen LogP contribution in [-0.2, 0) is 0 Å². The lowest BCUT2D eigenvalue weighted by atomic mass is 9.93. The van der Waals surface area contributed by atoms with Gasteiger partial charge in [0.05, 0.1) is 18.7 Å². The second-order valence-corrected chi connectivity index (χ2v) is 4.94. The molecule has 0 aliphatic heterocycles. The van der Waals surface area contributed by atoms with E-state index in [0.717, 1.165) is 11.1 Å². The molecule has 106 valence electrons. The monoisotopic (exact) mass is 273 g/mol. The van der Waals surface area contributed by atoms with Gasteiger partial charge < -0.3 is 10.1 Å². The van der Waals surface area contributed by atoms with Gasteiger partial charge in [0.1, 0.15) is 11.6 Å². The summed E-state index contributed by atoms with van der Waals surface area (Å²) >= 11 is 0. The van der Waals surface area contributed by atoms with Gasteiger partial charge in [-0.15, -0.1) is 0 Å². The number of rotatable bonds is 4. The summed E-state index contributed by atoms with van der Waals surface area (Å²) in [5.74, 6) is 0.299. The Morgan fingerprint density at radius 3 is 2.50 bits per heavy atom. The van der Waals surface area contributed by atoms with Gasteiger partial charge in [-0.05, 0) is 44.2 Å². The smallest absolute Gasteiger partial charge is 0.132 e. The van der Waals surface area contributed by atoms with Gasteiger partial charge in [-0.2, -0.15) is 0 Å². The molecule has 0 heterocycles. The Labute approximate surface area is 119 Å². The fraction of sp³-hybridized carbons (Fsp3) is 0.294. The van der Waals surface area contributed by atoms with Gasteiger partial charge in [0, 0.05) is 0 Å². The zero-order valence-corrected chi connectivity index (χ0v) is 12.3. The van der Waals surface area contributed by atoms with Gasteiger partial charge in [-0.25, -0.2) is 4.39 Å². The highest BCUT2D eigenvalue weighted by Crippen LogP contribution is 2.33. The van der Waals surface area contributed by atoms with Crippen LogP contribution in [0.4, 0.5) is 4.39 Å². The van der Waals surface area contributed by atoms with Crippen molar-refractivity contribution in [3.8, 4) is 5.75 Å². The zero-order chi connectivity index (χ0) is 14.7. The molecule has 2 aromatic carbocycles. The molecule has 0 fully saturated rings. The molecule has 1 atom stereocenters. The number of aryl methyl sites for hydroxylation is 2. The summed E-state index contributed by atoms with van der Waals surface area (Å²) in [4.78, 5) is 0. The zero-order valence-electron chi connectivity index (χ0n) is 12.3. The molecule has 0 aliphatic rings. The Balaban J connectivity index is 2.58. The maximum absolute atomic E-state index is 14.3. The Morgan fingerprint density at radius 2 is 1.90 bits per heavy atom. The number of methoxy groups -OCH3 is 1. The summed E-state index contributed by atoms with van der Waals surface area (Å²) in [5.41, 5.74) is 3.93. The fourth-order valence-electron chi connectivity index (χ4n) is 2.58. The molecule has 3 heteroatoms. The largest absolute Gasteiger partial charge is 0.496 e. The van der Waals surface area contributed by atoms with Crippen molar-refractivity contribution in [2.24, 2.45) is 0 Å².